The SMILES string of the molecule is Cc1cc(Cl)cc(C#N)c1CC(=O)O. The summed E-state index contributed by atoms with van der Waals surface area (Å²) >= 11 is 5.74. The van der Waals surface area contributed by atoms with Gasteiger partial charge in [0.15, 0.2) is 0 Å². The summed E-state index contributed by atoms with van der Waals surface area (Å²) in [6.07, 6.45) is -0.147. The summed E-state index contributed by atoms with van der Waals surface area (Å²) in [4.78, 5) is 10.5. The van der Waals surface area contributed by atoms with Crippen molar-refractivity contribution in [3.05, 3.63) is 33.8 Å². The fourth-order valence-electron chi connectivity index (χ4n) is 1.26. The topological polar surface area (TPSA) is 61.1 Å². The second-order valence-corrected chi connectivity index (χ2v) is 3.37. The molecule has 1 rings (SSSR count). The molecule has 0 spiro atoms. The number of hydrogen-bond donors (Lipinski definition) is 1. The highest BCUT2D eigenvalue weighted by molar-refractivity contribution is 6.30. The standard InChI is InChI=1S/C10H8ClNO2/c1-6-2-8(11)3-7(5-12)9(6)4-10(13)14/h2-3H,4H2,1H3,(H,13,14). The summed E-state index contributed by atoms with van der Waals surface area (Å²) in [5, 5.41) is 17.9. The van der Waals surface area contributed by atoms with Crippen molar-refractivity contribution in [3.8, 4) is 6.07 Å². The molecule has 0 bridgehead atoms. The molecule has 1 aromatic rings. The number of aliphatic carboxylic acids is 1. The smallest absolute Gasteiger partial charge is 0.307 e. The maximum absolute atomic E-state index is 10.5. The Morgan fingerprint density at radius 2 is 2.29 bits per heavy atom. The molecule has 0 aromatic heterocycles. The number of benzene rings is 1. The number of carboxylic acid groups (broad SMARTS) is 1. The van der Waals surface area contributed by atoms with E-state index in [-0.39, 0.29) is 6.42 Å². The van der Waals surface area contributed by atoms with Crippen LogP contribution in [0.2, 0.25) is 5.02 Å². The minimum atomic E-state index is -0.952. The van der Waals surface area contributed by atoms with Crippen LogP contribution in [0.3, 0.4) is 0 Å². The molecular weight excluding hydrogens is 202 g/mol. The fourth-order valence-corrected chi connectivity index (χ4v) is 1.53. The first-order valence-corrected chi connectivity index (χ1v) is 4.33. The van der Waals surface area contributed by atoms with E-state index in [2.05, 4.69) is 0 Å². The van der Waals surface area contributed by atoms with Gasteiger partial charge in [-0.3, -0.25) is 4.79 Å². The number of hydrogen-bond acceptors (Lipinski definition) is 2. The van der Waals surface area contributed by atoms with Gasteiger partial charge in [0, 0.05) is 5.02 Å². The maximum Gasteiger partial charge on any atom is 0.307 e. The van der Waals surface area contributed by atoms with E-state index in [1.807, 2.05) is 6.07 Å². The molecular formula is C10H8ClNO2. The lowest BCUT2D eigenvalue weighted by atomic mass is 10.00. The van der Waals surface area contributed by atoms with Gasteiger partial charge in [0.2, 0.25) is 0 Å². The number of nitrogens with zero attached hydrogens (tertiary/aromatic N) is 1. The first-order valence-electron chi connectivity index (χ1n) is 3.95. The highest BCUT2D eigenvalue weighted by Gasteiger charge is 2.10. The molecule has 0 saturated heterocycles. The zero-order chi connectivity index (χ0) is 10.7. The minimum absolute atomic E-state index is 0.147. The third-order valence-electron chi connectivity index (χ3n) is 1.89. The van der Waals surface area contributed by atoms with E-state index in [4.69, 9.17) is 22.0 Å². The second-order valence-electron chi connectivity index (χ2n) is 2.93. The zero-order valence-corrected chi connectivity index (χ0v) is 8.30. The van der Waals surface area contributed by atoms with E-state index in [1.54, 1.807) is 13.0 Å². The molecule has 0 aliphatic rings. The van der Waals surface area contributed by atoms with E-state index in [1.165, 1.54) is 6.07 Å². The van der Waals surface area contributed by atoms with Crippen molar-refractivity contribution in [1.29, 1.82) is 5.26 Å². The van der Waals surface area contributed by atoms with Gasteiger partial charge in [-0.15, -0.1) is 0 Å². The molecule has 1 N–H and O–H groups in total. The van der Waals surface area contributed by atoms with Crippen LogP contribution in [0, 0.1) is 18.3 Å². The number of nitriles is 1. The Morgan fingerprint density at radius 1 is 1.64 bits per heavy atom. The third kappa shape index (κ3) is 2.24. The van der Waals surface area contributed by atoms with Crippen LogP contribution in [-0.2, 0) is 11.2 Å². The summed E-state index contributed by atoms with van der Waals surface area (Å²) in [7, 11) is 0. The van der Waals surface area contributed by atoms with Crippen molar-refractivity contribution in [3.63, 3.8) is 0 Å². The number of halogens is 1. The number of aryl methyl sites for hydroxylation is 1. The van der Waals surface area contributed by atoms with Crippen LogP contribution in [0.1, 0.15) is 16.7 Å². The maximum atomic E-state index is 10.5. The quantitative estimate of drug-likeness (QED) is 0.812. The van der Waals surface area contributed by atoms with Crippen LogP contribution in [0.4, 0.5) is 0 Å². The molecule has 4 heteroatoms. The van der Waals surface area contributed by atoms with Gasteiger partial charge in [0.05, 0.1) is 18.1 Å². The Hall–Kier alpha value is -1.53. The van der Waals surface area contributed by atoms with E-state index in [0.717, 1.165) is 5.56 Å². The molecule has 0 unspecified atom stereocenters. The van der Waals surface area contributed by atoms with Crippen molar-refractivity contribution in [2.45, 2.75) is 13.3 Å². The van der Waals surface area contributed by atoms with Crippen LogP contribution in [0.25, 0.3) is 0 Å². The molecule has 0 fully saturated rings. The summed E-state index contributed by atoms with van der Waals surface area (Å²) in [6.45, 7) is 1.74. The fraction of sp³-hybridized carbons (Fsp3) is 0.200. The molecule has 0 aliphatic heterocycles. The van der Waals surface area contributed by atoms with Crippen LogP contribution >= 0.6 is 11.6 Å². The average Bonchev–Trinajstić information content (AvgIpc) is 2.08. The Labute approximate surface area is 86.5 Å². The van der Waals surface area contributed by atoms with Gasteiger partial charge in [0.25, 0.3) is 0 Å². The monoisotopic (exact) mass is 209 g/mol. The van der Waals surface area contributed by atoms with Crippen molar-refractivity contribution < 1.29 is 9.90 Å². The zero-order valence-electron chi connectivity index (χ0n) is 7.54. The van der Waals surface area contributed by atoms with Gasteiger partial charge in [-0.05, 0) is 30.2 Å². The summed E-state index contributed by atoms with van der Waals surface area (Å²) in [5.74, 6) is -0.952. The largest absolute Gasteiger partial charge is 0.481 e. The van der Waals surface area contributed by atoms with Crippen molar-refractivity contribution >= 4 is 17.6 Å². The van der Waals surface area contributed by atoms with Crippen molar-refractivity contribution in [1.82, 2.24) is 0 Å². The molecule has 3 nitrogen and oxygen atoms in total. The van der Waals surface area contributed by atoms with Gasteiger partial charge in [-0.1, -0.05) is 11.6 Å². The Kier molecular flexibility index (Phi) is 3.10. The first kappa shape index (κ1) is 10.6. The van der Waals surface area contributed by atoms with Crippen LogP contribution in [-0.4, -0.2) is 11.1 Å². The second kappa shape index (κ2) is 4.12. The van der Waals surface area contributed by atoms with Gasteiger partial charge < -0.3 is 5.11 Å². The van der Waals surface area contributed by atoms with E-state index in [9.17, 15) is 4.79 Å². The molecule has 14 heavy (non-hydrogen) atoms. The van der Waals surface area contributed by atoms with Crippen LogP contribution < -0.4 is 0 Å². The van der Waals surface area contributed by atoms with Gasteiger partial charge >= 0.3 is 5.97 Å². The van der Waals surface area contributed by atoms with E-state index < -0.39 is 5.97 Å². The first-order chi connectivity index (χ1) is 6.54. The summed E-state index contributed by atoms with van der Waals surface area (Å²) < 4.78 is 0. The number of carboxylic acids is 1. The van der Waals surface area contributed by atoms with Crippen molar-refractivity contribution in [2.24, 2.45) is 0 Å². The number of carbonyl (C=O) groups is 1. The summed E-state index contributed by atoms with van der Waals surface area (Å²) in [6, 6.07) is 5.07. The highest BCUT2D eigenvalue weighted by Crippen LogP contribution is 2.20. The van der Waals surface area contributed by atoms with Crippen LogP contribution in [0.15, 0.2) is 12.1 Å². The predicted octanol–water partition coefficient (Wildman–Crippen LogP) is 2.15. The Bertz CT molecular complexity index is 421. The molecule has 0 aliphatic carbocycles. The molecule has 0 heterocycles. The number of rotatable bonds is 2. The van der Waals surface area contributed by atoms with Gasteiger partial charge in [-0.2, -0.15) is 5.26 Å². The lowest BCUT2D eigenvalue weighted by Gasteiger charge is -2.05. The van der Waals surface area contributed by atoms with Crippen molar-refractivity contribution in [2.75, 3.05) is 0 Å². The van der Waals surface area contributed by atoms with Crippen LogP contribution in [0.5, 0.6) is 0 Å². The molecule has 0 saturated carbocycles. The van der Waals surface area contributed by atoms with E-state index >= 15 is 0 Å². The van der Waals surface area contributed by atoms with Gasteiger partial charge in [-0.25, -0.2) is 0 Å². The molecule has 0 atom stereocenters. The molecule has 0 amide bonds. The normalized spacial score (nSPS) is 9.50. The molecule has 0 radical (unpaired) electrons. The summed E-state index contributed by atoms with van der Waals surface area (Å²) in [5.41, 5.74) is 1.60. The Morgan fingerprint density at radius 3 is 2.79 bits per heavy atom. The lowest BCUT2D eigenvalue weighted by molar-refractivity contribution is -0.136. The highest BCUT2D eigenvalue weighted by atomic mass is 35.5. The Balaban J connectivity index is 3.27. The van der Waals surface area contributed by atoms with E-state index in [0.29, 0.717) is 16.1 Å². The predicted molar refractivity (Wildman–Crippen MR) is 52.2 cm³/mol. The lowest BCUT2D eigenvalue weighted by Crippen LogP contribution is -2.04. The minimum Gasteiger partial charge on any atom is -0.481 e. The third-order valence-corrected chi connectivity index (χ3v) is 2.10. The molecule has 1 aromatic carbocycles. The van der Waals surface area contributed by atoms with Gasteiger partial charge in [0.1, 0.15) is 0 Å². The average molecular weight is 210 g/mol. The molecule has 72 valence electrons.